The first-order chi connectivity index (χ1) is 15.1. The summed E-state index contributed by atoms with van der Waals surface area (Å²) in [6.07, 6.45) is 1.36. The summed E-state index contributed by atoms with van der Waals surface area (Å²) in [6.45, 7) is 2.89. The van der Waals surface area contributed by atoms with Gasteiger partial charge >= 0.3 is 5.97 Å². The highest BCUT2D eigenvalue weighted by Gasteiger charge is 2.20. The highest BCUT2D eigenvalue weighted by atomic mass is 35.5. The number of sulfonamides is 1. The van der Waals surface area contributed by atoms with Crippen LogP contribution < -0.4 is 10.0 Å². The summed E-state index contributed by atoms with van der Waals surface area (Å²) in [5, 5.41) is 2.87. The molecule has 0 aliphatic rings. The van der Waals surface area contributed by atoms with Gasteiger partial charge in [-0.1, -0.05) is 29.8 Å². The maximum absolute atomic E-state index is 12.9. The third-order valence-corrected chi connectivity index (χ3v) is 6.06. The average molecular weight is 474 g/mol. The van der Waals surface area contributed by atoms with E-state index in [0.717, 1.165) is 5.56 Å². The van der Waals surface area contributed by atoms with Gasteiger partial charge in [0.1, 0.15) is 5.82 Å². The maximum Gasteiger partial charge on any atom is 0.338 e. The molecule has 2 aromatic carbocycles. The number of nitrogens with one attached hydrogen (secondary N) is 2. The highest BCUT2D eigenvalue weighted by molar-refractivity contribution is 7.92. The number of aryl methyl sites for hydroxylation is 2. The van der Waals surface area contributed by atoms with E-state index in [1.54, 1.807) is 31.2 Å². The van der Waals surface area contributed by atoms with E-state index in [1.165, 1.54) is 30.5 Å². The van der Waals surface area contributed by atoms with Crippen LogP contribution in [0.25, 0.3) is 0 Å². The Bertz CT molecular complexity index is 1260. The molecule has 0 spiro atoms. The third kappa shape index (κ3) is 6.05. The minimum absolute atomic E-state index is 0.00219. The van der Waals surface area contributed by atoms with Gasteiger partial charge in [0.15, 0.2) is 6.61 Å². The quantitative estimate of drug-likeness (QED) is 0.502. The molecule has 2 N–H and O–H groups in total. The molecule has 0 aliphatic carbocycles. The fourth-order valence-corrected chi connectivity index (χ4v) is 4.21. The largest absolute Gasteiger partial charge is 0.452 e. The van der Waals surface area contributed by atoms with Crippen LogP contribution in [0.15, 0.2) is 65.7 Å². The van der Waals surface area contributed by atoms with Gasteiger partial charge in [-0.05, 0) is 61.4 Å². The van der Waals surface area contributed by atoms with Gasteiger partial charge < -0.3 is 10.1 Å². The molecule has 0 saturated carbocycles. The van der Waals surface area contributed by atoms with Crippen LogP contribution in [-0.4, -0.2) is 31.9 Å². The number of esters is 1. The topological polar surface area (TPSA) is 114 Å². The van der Waals surface area contributed by atoms with E-state index in [4.69, 9.17) is 16.3 Å². The van der Waals surface area contributed by atoms with Crippen molar-refractivity contribution in [2.45, 2.75) is 18.7 Å². The molecule has 1 aromatic heterocycles. The summed E-state index contributed by atoms with van der Waals surface area (Å²) in [6, 6.07) is 14.1. The Balaban J connectivity index is 1.69. The van der Waals surface area contributed by atoms with E-state index in [9.17, 15) is 18.0 Å². The Morgan fingerprint density at radius 2 is 1.84 bits per heavy atom. The van der Waals surface area contributed by atoms with Crippen LogP contribution >= 0.6 is 11.6 Å². The molecule has 0 bridgehead atoms. The summed E-state index contributed by atoms with van der Waals surface area (Å²) in [5.41, 5.74) is 1.75. The van der Waals surface area contributed by atoms with Crippen molar-refractivity contribution < 1.29 is 22.7 Å². The van der Waals surface area contributed by atoms with Crippen molar-refractivity contribution in [3.05, 3.63) is 82.5 Å². The first-order valence-corrected chi connectivity index (χ1v) is 11.3. The summed E-state index contributed by atoms with van der Waals surface area (Å²) in [4.78, 5) is 28.2. The van der Waals surface area contributed by atoms with Gasteiger partial charge in [0.2, 0.25) is 0 Å². The van der Waals surface area contributed by atoms with E-state index in [2.05, 4.69) is 15.0 Å². The molecule has 0 unspecified atom stereocenters. The standard InChI is InChI=1S/C22H20ClN3O5S/c1-14-4-3-5-18(10-14)26-32(29,30)19-11-16(7-6-15(19)2)22(28)31-13-21(27)25-20-9-8-17(23)12-24-20/h3-12,26H,13H2,1-2H3,(H,24,25,27). The number of carbonyl (C=O) groups is 2. The van der Waals surface area contributed by atoms with Gasteiger partial charge in [-0.2, -0.15) is 0 Å². The second-order valence-electron chi connectivity index (χ2n) is 6.94. The molecule has 0 saturated heterocycles. The minimum Gasteiger partial charge on any atom is -0.452 e. The number of pyridine rings is 1. The molecule has 1 amide bonds. The molecule has 166 valence electrons. The molecule has 32 heavy (non-hydrogen) atoms. The Hall–Kier alpha value is -3.43. The highest BCUT2D eigenvalue weighted by Crippen LogP contribution is 2.22. The Kier molecular flexibility index (Phi) is 7.12. The predicted molar refractivity (Wildman–Crippen MR) is 121 cm³/mol. The number of halogens is 1. The van der Waals surface area contributed by atoms with Gasteiger partial charge in [-0.3, -0.25) is 9.52 Å². The lowest BCUT2D eigenvalue weighted by molar-refractivity contribution is -0.119. The normalized spacial score (nSPS) is 11.0. The molecule has 10 heteroatoms. The first-order valence-electron chi connectivity index (χ1n) is 9.43. The molecule has 8 nitrogen and oxygen atoms in total. The number of amides is 1. The molecule has 3 aromatic rings. The van der Waals surface area contributed by atoms with Gasteiger partial charge in [0.25, 0.3) is 15.9 Å². The summed E-state index contributed by atoms with van der Waals surface area (Å²) in [5.74, 6) is -1.19. The monoisotopic (exact) mass is 473 g/mol. The Labute approximate surface area is 190 Å². The van der Waals surface area contributed by atoms with Gasteiger partial charge in [0.05, 0.1) is 15.5 Å². The van der Waals surface area contributed by atoms with E-state index in [1.807, 2.05) is 13.0 Å². The number of ether oxygens (including phenoxy) is 1. The molecule has 0 aliphatic heterocycles. The number of hydrogen-bond acceptors (Lipinski definition) is 6. The molecular weight excluding hydrogens is 454 g/mol. The minimum atomic E-state index is -3.95. The number of nitrogens with zero attached hydrogens (tertiary/aromatic N) is 1. The van der Waals surface area contributed by atoms with Crippen molar-refractivity contribution in [2.24, 2.45) is 0 Å². The molecule has 1 heterocycles. The van der Waals surface area contributed by atoms with Crippen molar-refractivity contribution in [2.75, 3.05) is 16.6 Å². The Morgan fingerprint density at radius 1 is 1.06 bits per heavy atom. The molecule has 0 radical (unpaired) electrons. The van der Waals surface area contributed by atoms with Crippen LogP contribution in [-0.2, 0) is 19.6 Å². The number of hydrogen-bond donors (Lipinski definition) is 2. The fraction of sp³-hybridized carbons (Fsp3) is 0.136. The molecule has 0 atom stereocenters. The van der Waals surface area contributed by atoms with Gasteiger partial charge in [-0.25, -0.2) is 18.2 Å². The maximum atomic E-state index is 12.9. The Morgan fingerprint density at radius 3 is 2.53 bits per heavy atom. The second-order valence-corrected chi connectivity index (χ2v) is 9.03. The lowest BCUT2D eigenvalue weighted by atomic mass is 10.1. The van der Waals surface area contributed by atoms with Crippen molar-refractivity contribution in [1.29, 1.82) is 0 Å². The van der Waals surface area contributed by atoms with Crippen molar-refractivity contribution in [3.8, 4) is 0 Å². The van der Waals surface area contributed by atoms with Crippen LogP contribution in [0.5, 0.6) is 0 Å². The van der Waals surface area contributed by atoms with Crippen LogP contribution in [0.3, 0.4) is 0 Å². The summed E-state index contributed by atoms with van der Waals surface area (Å²) < 4.78 is 33.2. The fourth-order valence-electron chi connectivity index (χ4n) is 2.78. The zero-order valence-corrected chi connectivity index (χ0v) is 18.8. The summed E-state index contributed by atoms with van der Waals surface area (Å²) in [7, 11) is -3.95. The number of anilines is 2. The second kappa shape index (κ2) is 9.80. The lowest BCUT2D eigenvalue weighted by Crippen LogP contribution is -2.21. The average Bonchev–Trinajstić information content (AvgIpc) is 2.73. The molecule has 0 fully saturated rings. The number of carbonyl (C=O) groups excluding carboxylic acids is 2. The summed E-state index contributed by atoms with van der Waals surface area (Å²) >= 11 is 5.73. The van der Waals surface area contributed by atoms with Crippen LogP contribution in [0, 0.1) is 13.8 Å². The first kappa shape index (κ1) is 23.2. The zero-order valence-electron chi connectivity index (χ0n) is 17.3. The van der Waals surface area contributed by atoms with Crippen LogP contribution in [0.2, 0.25) is 5.02 Å². The molecular formula is C22H20ClN3O5S. The van der Waals surface area contributed by atoms with Crippen LogP contribution in [0.4, 0.5) is 11.5 Å². The van der Waals surface area contributed by atoms with E-state index in [0.29, 0.717) is 16.3 Å². The van der Waals surface area contributed by atoms with Crippen LogP contribution in [0.1, 0.15) is 21.5 Å². The van der Waals surface area contributed by atoms with E-state index >= 15 is 0 Å². The van der Waals surface area contributed by atoms with Crippen molar-refractivity contribution >= 4 is 45.0 Å². The number of aromatic nitrogens is 1. The third-order valence-electron chi connectivity index (χ3n) is 4.31. The SMILES string of the molecule is Cc1cccc(NS(=O)(=O)c2cc(C(=O)OCC(=O)Nc3ccc(Cl)cn3)ccc2C)c1. The van der Waals surface area contributed by atoms with E-state index < -0.39 is 28.5 Å². The zero-order chi connectivity index (χ0) is 23.3. The lowest BCUT2D eigenvalue weighted by Gasteiger charge is -2.12. The predicted octanol–water partition coefficient (Wildman–Crippen LogP) is 3.95. The van der Waals surface area contributed by atoms with E-state index in [-0.39, 0.29) is 16.3 Å². The van der Waals surface area contributed by atoms with Gasteiger partial charge in [0, 0.05) is 11.9 Å². The van der Waals surface area contributed by atoms with Crippen molar-refractivity contribution in [3.63, 3.8) is 0 Å². The number of benzene rings is 2. The number of rotatable bonds is 7. The molecule has 3 rings (SSSR count). The van der Waals surface area contributed by atoms with Gasteiger partial charge in [-0.15, -0.1) is 0 Å². The smallest absolute Gasteiger partial charge is 0.338 e. The van der Waals surface area contributed by atoms with Crippen molar-refractivity contribution in [1.82, 2.24) is 4.98 Å².